The number of pyridine rings is 1. The van der Waals surface area contributed by atoms with Crippen LogP contribution in [0.3, 0.4) is 0 Å². The summed E-state index contributed by atoms with van der Waals surface area (Å²) in [6, 6.07) is 4.16. The maximum absolute atomic E-state index is 4.42. The van der Waals surface area contributed by atoms with Crippen molar-refractivity contribution >= 4 is 16.6 Å². The van der Waals surface area contributed by atoms with E-state index < -0.39 is 0 Å². The Hall–Kier alpha value is -1.61. The van der Waals surface area contributed by atoms with Gasteiger partial charge in [-0.05, 0) is 30.7 Å². The molecule has 0 saturated carbocycles. The molecule has 1 N–H and O–H groups in total. The fourth-order valence-electron chi connectivity index (χ4n) is 2.34. The van der Waals surface area contributed by atoms with Crippen LogP contribution >= 0.6 is 0 Å². The fraction of sp³-hybridized carbons (Fsp3) is 0.308. The Kier molecular flexibility index (Phi) is 2.26. The van der Waals surface area contributed by atoms with E-state index in [9.17, 15) is 0 Å². The Balaban J connectivity index is 2.20. The van der Waals surface area contributed by atoms with Crippen LogP contribution in [-0.4, -0.2) is 22.6 Å². The normalized spacial score (nSPS) is 16.4. The van der Waals surface area contributed by atoms with E-state index in [2.05, 4.69) is 40.3 Å². The van der Waals surface area contributed by atoms with Gasteiger partial charge in [0.1, 0.15) is 5.65 Å². The Morgan fingerprint density at radius 1 is 1.44 bits per heavy atom. The van der Waals surface area contributed by atoms with Gasteiger partial charge < -0.3 is 9.88 Å². The number of nitrogens with one attached hydrogen (secondary N) is 1. The molecular weight excluding hydrogens is 198 g/mol. The van der Waals surface area contributed by atoms with Crippen LogP contribution in [0.15, 0.2) is 30.6 Å². The van der Waals surface area contributed by atoms with E-state index in [1.807, 2.05) is 12.3 Å². The van der Waals surface area contributed by atoms with Crippen molar-refractivity contribution in [3.05, 3.63) is 36.2 Å². The minimum absolute atomic E-state index is 0.978. The van der Waals surface area contributed by atoms with Crippen molar-refractivity contribution in [2.24, 2.45) is 7.05 Å². The minimum atomic E-state index is 0.978. The van der Waals surface area contributed by atoms with Gasteiger partial charge in [-0.1, -0.05) is 6.08 Å². The summed E-state index contributed by atoms with van der Waals surface area (Å²) < 4.78 is 2.10. The van der Waals surface area contributed by atoms with Gasteiger partial charge in [-0.15, -0.1) is 0 Å². The van der Waals surface area contributed by atoms with E-state index in [-0.39, 0.29) is 0 Å². The highest BCUT2D eigenvalue weighted by atomic mass is 15.0. The van der Waals surface area contributed by atoms with Gasteiger partial charge in [0.2, 0.25) is 0 Å². The average Bonchev–Trinajstić information content (AvgIpc) is 2.69. The topological polar surface area (TPSA) is 29.9 Å². The zero-order chi connectivity index (χ0) is 11.0. The molecule has 0 spiro atoms. The number of aryl methyl sites for hydroxylation is 1. The predicted octanol–water partition coefficient (Wildman–Crippen LogP) is 1.95. The molecule has 3 rings (SSSR count). The van der Waals surface area contributed by atoms with Crippen molar-refractivity contribution < 1.29 is 0 Å². The molecular formula is C13H15N3. The molecule has 3 heteroatoms. The molecule has 0 saturated heterocycles. The molecule has 16 heavy (non-hydrogen) atoms. The van der Waals surface area contributed by atoms with Crippen molar-refractivity contribution in [2.45, 2.75) is 6.42 Å². The first-order valence-electron chi connectivity index (χ1n) is 5.66. The lowest BCUT2D eigenvalue weighted by atomic mass is 10.0. The maximum atomic E-state index is 4.42. The van der Waals surface area contributed by atoms with Crippen molar-refractivity contribution in [1.82, 2.24) is 14.9 Å². The summed E-state index contributed by atoms with van der Waals surface area (Å²) >= 11 is 0. The second-order valence-corrected chi connectivity index (χ2v) is 4.21. The fourth-order valence-corrected chi connectivity index (χ4v) is 2.34. The van der Waals surface area contributed by atoms with E-state index in [4.69, 9.17) is 0 Å². The first-order chi connectivity index (χ1) is 7.86. The van der Waals surface area contributed by atoms with Gasteiger partial charge in [-0.3, -0.25) is 0 Å². The summed E-state index contributed by atoms with van der Waals surface area (Å²) in [6.07, 6.45) is 7.43. The first kappa shape index (κ1) is 9.60. The quantitative estimate of drug-likeness (QED) is 0.784. The van der Waals surface area contributed by atoms with Crippen LogP contribution in [0.25, 0.3) is 16.6 Å². The third-order valence-electron chi connectivity index (χ3n) is 3.14. The minimum Gasteiger partial charge on any atom is -0.335 e. The smallest absolute Gasteiger partial charge is 0.140 e. The van der Waals surface area contributed by atoms with E-state index in [1.165, 1.54) is 16.5 Å². The number of aromatic nitrogens is 2. The zero-order valence-electron chi connectivity index (χ0n) is 9.40. The molecule has 0 aliphatic carbocycles. The second kappa shape index (κ2) is 3.76. The number of hydrogen-bond acceptors (Lipinski definition) is 2. The standard InChI is InChI=1S/C13H15N3/c1-16-9-12(10-4-7-14-8-5-10)11-3-2-6-15-13(11)16/h2-4,6,9,14H,5,7-8H2,1H3. The van der Waals surface area contributed by atoms with Crippen LogP contribution in [0, 0.1) is 0 Å². The molecule has 2 aromatic heterocycles. The Morgan fingerprint density at radius 2 is 2.38 bits per heavy atom. The number of nitrogens with zero attached hydrogens (tertiary/aromatic N) is 2. The lowest BCUT2D eigenvalue weighted by Gasteiger charge is -2.13. The third kappa shape index (κ3) is 1.44. The predicted molar refractivity (Wildman–Crippen MR) is 66.2 cm³/mol. The molecule has 3 heterocycles. The van der Waals surface area contributed by atoms with Crippen LogP contribution < -0.4 is 5.32 Å². The van der Waals surface area contributed by atoms with E-state index in [0.717, 1.165) is 25.2 Å². The summed E-state index contributed by atoms with van der Waals surface area (Å²) in [4.78, 5) is 4.42. The summed E-state index contributed by atoms with van der Waals surface area (Å²) in [5.74, 6) is 0. The summed E-state index contributed by atoms with van der Waals surface area (Å²) in [7, 11) is 2.06. The van der Waals surface area contributed by atoms with Crippen molar-refractivity contribution in [2.75, 3.05) is 13.1 Å². The highest BCUT2D eigenvalue weighted by Gasteiger charge is 2.12. The largest absolute Gasteiger partial charge is 0.335 e. The van der Waals surface area contributed by atoms with Crippen molar-refractivity contribution in [3.63, 3.8) is 0 Å². The van der Waals surface area contributed by atoms with Crippen molar-refractivity contribution in [1.29, 1.82) is 0 Å². The molecule has 0 atom stereocenters. The molecule has 0 unspecified atom stereocenters. The number of rotatable bonds is 1. The third-order valence-corrected chi connectivity index (χ3v) is 3.14. The van der Waals surface area contributed by atoms with Gasteiger partial charge in [0, 0.05) is 36.9 Å². The molecule has 0 bridgehead atoms. The lowest BCUT2D eigenvalue weighted by molar-refractivity contribution is 0.738. The first-order valence-corrected chi connectivity index (χ1v) is 5.66. The second-order valence-electron chi connectivity index (χ2n) is 4.21. The number of hydrogen-bond donors (Lipinski definition) is 1. The molecule has 2 aromatic rings. The maximum Gasteiger partial charge on any atom is 0.140 e. The van der Waals surface area contributed by atoms with E-state index in [1.54, 1.807) is 0 Å². The van der Waals surface area contributed by atoms with Gasteiger partial charge in [0.15, 0.2) is 0 Å². The average molecular weight is 213 g/mol. The molecule has 3 nitrogen and oxygen atoms in total. The lowest BCUT2D eigenvalue weighted by Crippen LogP contribution is -2.19. The summed E-state index contributed by atoms with van der Waals surface area (Å²) in [6.45, 7) is 2.05. The molecule has 0 amide bonds. The van der Waals surface area contributed by atoms with Crippen LogP contribution in [-0.2, 0) is 7.05 Å². The SMILES string of the molecule is Cn1cc(C2=CCNCC2)c2cccnc21. The van der Waals surface area contributed by atoms with Crippen LogP contribution in [0.1, 0.15) is 12.0 Å². The molecule has 0 radical (unpaired) electrons. The molecule has 82 valence electrons. The molecule has 1 aliphatic heterocycles. The summed E-state index contributed by atoms with van der Waals surface area (Å²) in [5.41, 5.74) is 3.85. The van der Waals surface area contributed by atoms with Gasteiger partial charge in [-0.25, -0.2) is 4.98 Å². The highest BCUT2D eigenvalue weighted by Crippen LogP contribution is 2.27. The van der Waals surface area contributed by atoms with Gasteiger partial charge in [0.25, 0.3) is 0 Å². The zero-order valence-corrected chi connectivity index (χ0v) is 9.40. The Labute approximate surface area is 94.8 Å². The monoisotopic (exact) mass is 213 g/mol. The number of fused-ring (bicyclic) bond motifs is 1. The molecule has 0 aromatic carbocycles. The van der Waals surface area contributed by atoms with Crippen LogP contribution in [0.4, 0.5) is 0 Å². The van der Waals surface area contributed by atoms with E-state index >= 15 is 0 Å². The van der Waals surface area contributed by atoms with Gasteiger partial charge in [-0.2, -0.15) is 0 Å². The van der Waals surface area contributed by atoms with Crippen molar-refractivity contribution in [3.8, 4) is 0 Å². The van der Waals surface area contributed by atoms with Gasteiger partial charge in [0.05, 0.1) is 0 Å². The molecule has 0 fully saturated rings. The Bertz CT molecular complexity index is 551. The molecule has 1 aliphatic rings. The Morgan fingerprint density at radius 3 is 3.19 bits per heavy atom. The van der Waals surface area contributed by atoms with Crippen LogP contribution in [0.5, 0.6) is 0 Å². The van der Waals surface area contributed by atoms with E-state index in [0.29, 0.717) is 0 Å². The summed E-state index contributed by atoms with van der Waals surface area (Å²) in [5, 5.41) is 4.60. The van der Waals surface area contributed by atoms with Crippen LogP contribution in [0.2, 0.25) is 0 Å². The highest BCUT2D eigenvalue weighted by molar-refractivity contribution is 5.91. The van der Waals surface area contributed by atoms with Gasteiger partial charge >= 0.3 is 0 Å².